The Morgan fingerprint density at radius 2 is 1.85 bits per heavy atom. The van der Waals surface area contributed by atoms with Gasteiger partial charge >= 0.3 is 5.97 Å². The smallest absolute Gasteiger partial charge is 0.339 e. The van der Waals surface area contributed by atoms with E-state index < -0.39 is 5.97 Å². The van der Waals surface area contributed by atoms with Gasteiger partial charge in [0.15, 0.2) is 0 Å². The molecule has 0 heterocycles. The topological polar surface area (TPSA) is 68.1 Å². The van der Waals surface area contributed by atoms with Gasteiger partial charge in [0.2, 0.25) is 0 Å². The zero-order valence-corrected chi connectivity index (χ0v) is 17.0. The molecule has 27 heavy (non-hydrogen) atoms. The van der Waals surface area contributed by atoms with Gasteiger partial charge in [-0.15, -0.1) is 11.8 Å². The summed E-state index contributed by atoms with van der Waals surface area (Å²) in [6.45, 7) is 0. The molecule has 0 saturated heterocycles. The van der Waals surface area contributed by atoms with Crippen molar-refractivity contribution in [2.24, 2.45) is 4.99 Å². The largest absolute Gasteiger partial charge is 0.503 e. The Balaban J connectivity index is 2.20. The molecule has 142 valence electrons. The molecular weight excluding hydrogens is 382 g/mol. The van der Waals surface area contributed by atoms with E-state index in [4.69, 9.17) is 9.47 Å². The first kappa shape index (κ1) is 20.9. The number of carbonyl (C=O) groups is 1. The lowest BCUT2D eigenvalue weighted by atomic mass is 10.0. The molecule has 0 amide bonds. The quantitative estimate of drug-likeness (QED) is 0.302. The highest BCUT2D eigenvalue weighted by Crippen LogP contribution is 2.28. The minimum atomic E-state index is -1.02. The number of hydrogen-bond acceptors (Lipinski definition) is 6. The average Bonchev–Trinajstić information content (AvgIpc) is 2.70. The number of rotatable bonds is 7. The van der Waals surface area contributed by atoms with Gasteiger partial charge < -0.3 is 14.6 Å². The van der Waals surface area contributed by atoms with Crippen molar-refractivity contribution in [2.75, 3.05) is 20.5 Å². The normalized spacial score (nSPS) is 12.0. The first-order valence-electron chi connectivity index (χ1n) is 8.03. The lowest BCUT2D eigenvalue weighted by molar-refractivity contribution is -0.130. The van der Waals surface area contributed by atoms with Crippen molar-refractivity contribution in [2.45, 2.75) is 5.75 Å². The monoisotopic (exact) mass is 403 g/mol. The number of aliphatic carboxylic acids is 1. The third kappa shape index (κ3) is 6.08. The van der Waals surface area contributed by atoms with Gasteiger partial charge in [0.05, 0.1) is 26.2 Å². The number of aliphatic imine (C=N–C) groups is 1. The second-order valence-corrected chi connectivity index (χ2v) is 7.32. The molecule has 0 spiro atoms. The summed E-state index contributed by atoms with van der Waals surface area (Å²) < 4.78 is 11.0. The molecule has 0 aliphatic rings. The van der Waals surface area contributed by atoms with Crippen LogP contribution in [0.5, 0.6) is 5.75 Å². The average molecular weight is 404 g/mol. The van der Waals surface area contributed by atoms with Crippen LogP contribution in [0, 0.1) is 0 Å². The standard InChI is InChI=1S/C20H21NO4S2/c1-24-12-18(19(22)23)17-7-5-4-6-14(17)13-27-20(26-3)21-15-8-10-16(25-2)11-9-15/h4-12H,13H2,1-3H3,(H,22,23)/b18-12+,21-20?. The van der Waals surface area contributed by atoms with Crippen molar-refractivity contribution in [1.82, 2.24) is 0 Å². The molecule has 5 nitrogen and oxygen atoms in total. The number of nitrogens with zero attached hydrogens (tertiary/aromatic N) is 1. The van der Waals surface area contributed by atoms with Gasteiger partial charge in [0, 0.05) is 5.75 Å². The molecule has 0 fully saturated rings. The van der Waals surface area contributed by atoms with E-state index >= 15 is 0 Å². The Kier molecular flexibility index (Phi) is 8.29. The predicted octanol–water partition coefficient (Wildman–Crippen LogP) is 5.05. The summed E-state index contributed by atoms with van der Waals surface area (Å²) in [6.07, 6.45) is 3.22. The number of ether oxygens (including phenoxy) is 2. The van der Waals surface area contributed by atoms with Gasteiger partial charge in [-0.2, -0.15) is 0 Å². The predicted molar refractivity (Wildman–Crippen MR) is 114 cm³/mol. The molecule has 2 rings (SSSR count). The molecule has 0 aromatic heterocycles. The van der Waals surface area contributed by atoms with Gasteiger partial charge in [0.1, 0.15) is 15.7 Å². The van der Waals surface area contributed by atoms with Crippen LogP contribution in [-0.4, -0.2) is 35.9 Å². The van der Waals surface area contributed by atoms with Crippen LogP contribution in [0.4, 0.5) is 5.69 Å². The molecule has 0 aliphatic carbocycles. The highest BCUT2D eigenvalue weighted by Gasteiger charge is 2.15. The number of methoxy groups -OCH3 is 2. The van der Waals surface area contributed by atoms with Crippen molar-refractivity contribution < 1.29 is 19.4 Å². The molecule has 0 saturated carbocycles. The first-order chi connectivity index (χ1) is 13.1. The zero-order chi connectivity index (χ0) is 19.6. The van der Waals surface area contributed by atoms with Crippen LogP contribution < -0.4 is 4.74 Å². The fourth-order valence-electron chi connectivity index (χ4n) is 2.29. The van der Waals surface area contributed by atoms with Crippen LogP contribution in [0.25, 0.3) is 5.57 Å². The molecule has 0 atom stereocenters. The fourth-order valence-corrected chi connectivity index (χ4v) is 3.84. The van der Waals surface area contributed by atoms with Crippen molar-refractivity contribution in [3.05, 3.63) is 65.9 Å². The number of hydrogen-bond donors (Lipinski definition) is 1. The van der Waals surface area contributed by atoms with E-state index in [1.165, 1.54) is 13.4 Å². The molecule has 2 aromatic carbocycles. The maximum atomic E-state index is 11.5. The van der Waals surface area contributed by atoms with Crippen LogP contribution in [0.15, 0.2) is 59.8 Å². The van der Waals surface area contributed by atoms with Crippen LogP contribution >= 0.6 is 23.5 Å². The SMILES string of the molecule is CO/C=C(/C(=O)O)c1ccccc1CSC(=Nc1ccc(OC)cc1)SC. The number of carboxylic acids is 1. The molecule has 0 bridgehead atoms. The van der Waals surface area contributed by atoms with Gasteiger partial charge in [-0.1, -0.05) is 36.0 Å². The highest BCUT2D eigenvalue weighted by molar-refractivity contribution is 8.38. The maximum absolute atomic E-state index is 11.5. The Bertz CT molecular complexity index is 832. The van der Waals surface area contributed by atoms with Crippen molar-refractivity contribution in [1.29, 1.82) is 0 Å². The molecular formula is C20H21NO4S2. The summed E-state index contributed by atoms with van der Waals surface area (Å²) in [5.41, 5.74) is 2.52. The summed E-state index contributed by atoms with van der Waals surface area (Å²) in [7, 11) is 3.07. The van der Waals surface area contributed by atoms with E-state index in [0.717, 1.165) is 21.4 Å². The van der Waals surface area contributed by atoms with Crippen molar-refractivity contribution >= 4 is 45.1 Å². The van der Waals surface area contributed by atoms with E-state index in [9.17, 15) is 9.90 Å². The van der Waals surface area contributed by atoms with Gasteiger partial charge in [0.25, 0.3) is 0 Å². The minimum Gasteiger partial charge on any atom is -0.503 e. The third-order valence-corrected chi connectivity index (χ3v) is 5.68. The molecule has 2 aromatic rings. The first-order valence-corrected chi connectivity index (χ1v) is 10.2. The summed E-state index contributed by atoms with van der Waals surface area (Å²) in [5.74, 6) is 0.360. The highest BCUT2D eigenvalue weighted by atomic mass is 32.2. The molecule has 0 aliphatic heterocycles. The summed E-state index contributed by atoms with van der Waals surface area (Å²) in [5, 5.41) is 9.45. The van der Waals surface area contributed by atoms with Crippen LogP contribution in [0.2, 0.25) is 0 Å². The zero-order valence-electron chi connectivity index (χ0n) is 15.3. The van der Waals surface area contributed by atoms with Gasteiger partial charge in [-0.05, 0) is 41.6 Å². The Morgan fingerprint density at radius 1 is 1.15 bits per heavy atom. The molecule has 0 unspecified atom stereocenters. The van der Waals surface area contributed by atoms with Crippen LogP contribution in [0.1, 0.15) is 11.1 Å². The molecule has 0 radical (unpaired) electrons. The van der Waals surface area contributed by atoms with E-state index in [1.807, 2.05) is 48.7 Å². The van der Waals surface area contributed by atoms with E-state index in [-0.39, 0.29) is 5.57 Å². The Morgan fingerprint density at radius 3 is 2.44 bits per heavy atom. The van der Waals surface area contributed by atoms with E-state index in [1.54, 1.807) is 36.7 Å². The van der Waals surface area contributed by atoms with E-state index in [0.29, 0.717) is 11.3 Å². The van der Waals surface area contributed by atoms with E-state index in [2.05, 4.69) is 4.99 Å². The van der Waals surface area contributed by atoms with Crippen LogP contribution in [-0.2, 0) is 15.3 Å². The van der Waals surface area contributed by atoms with Crippen molar-refractivity contribution in [3.63, 3.8) is 0 Å². The molecule has 1 N–H and O–H groups in total. The summed E-state index contributed by atoms with van der Waals surface area (Å²) >= 11 is 3.11. The minimum absolute atomic E-state index is 0.131. The number of carboxylic acid groups (broad SMARTS) is 1. The molecule has 7 heteroatoms. The number of thioether (sulfide) groups is 2. The summed E-state index contributed by atoms with van der Waals surface area (Å²) in [4.78, 5) is 16.2. The second-order valence-electron chi connectivity index (χ2n) is 5.30. The fraction of sp³-hybridized carbons (Fsp3) is 0.200. The second kappa shape index (κ2) is 10.7. The lowest BCUT2D eigenvalue weighted by Crippen LogP contribution is -2.03. The van der Waals surface area contributed by atoms with Crippen molar-refractivity contribution in [3.8, 4) is 5.75 Å². The van der Waals surface area contributed by atoms with Gasteiger partial charge in [-0.25, -0.2) is 9.79 Å². The van der Waals surface area contributed by atoms with Gasteiger partial charge in [-0.3, -0.25) is 0 Å². The number of benzene rings is 2. The Labute approximate surface area is 167 Å². The van der Waals surface area contributed by atoms with Crippen LogP contribution in [0.3, 0.4) is 0 Å². The third-order valence-electron chi connectivity index (χ3n) is 3.59. The maximum Gasteiger partial charge on any atom is 0.339 e. The summed E-state index contributed by atoms with van der Waals surface area (Å²) in [6, 6.07) is 14.9. The lowest BCUT2D eigenvalue weighted by Gasteiger charge is -2.10. The Hall–Kier alpha value is -2.38.